The fourth-order valence-corrected chi connectivity index (χ4v) is 7.00. The molecule has 0 aromatic rings. The summed E-state index contributed by atoms with van der Waals surface area (Å²) in [5.74, 6) is -1.61. The van der Waals surface area contributed by atoms with Crippen LogP contribution in [-0.4, -0.2) is 39.5 Å². The van der Waals surface area contributed by atoms with E-state index in [0.717, 1.165) is 0 Å². The van der Waals surface area contributed by atoms with Crippen molar-refractivity contribution in [3.8, 4) is 0 Å². The van der Waals surface area contributed by atoms with Crippen LogP contribution in [-0.2, 0) is 9.53 Å². The zero-order valence-electron chi connectivity index (χ0n) is 13.1. The fraction of sp³-hybridized carbons (Fsp3) is 0.923. The molecular formula is C13H24F3O3P. The number of hydrogen-bond acceptors (Lipinski definition) is 3. The molecule has 1 N–H and O–H groups in total. The van der Waals surface area contributed by atoms with Gasteiger partial charge in [0, 0.05) is 0 Å². The summed E-state index contributed by atoms with van der Waals surface area (Å²) in [5, 5.41) is 5.08. The SMILES string of the molecule is CCOC(=O)C(O)(P(C(C)(C)C)C(C)(C)C)C(F)(F)F. The Balaban J connectivity index is 6.15. The van der Waals surface area contributed by atoms with Gasteiger partial charge in [-0.2, -0.15) is 13.2 Å². The molecule has 0 bridgehead atoms. The van der Waals surface area contributed by atoms with Crippen LogP contribution in [0.15, 0.2) is 0 Å². The van der Waals surface area contributed by atoms with E-state index in [0.29, 0.717) is 0 Å². The molecule has 0 spiro atoms. The first-order valence-corrected chi connectivity index (χ1v) is 7.71. The third-order valence-electron chi connectivity index (χ3n) is 2.62. The molecule has 1 atom stereocenters. The van der Waals surface area contributed by atoms with Gasteiger partial charge in [-0.3, -0.25) is 0 Å². The Morgan fingerprint density at radius 1 is 1.05 bits per heavy atom. The van der Waals surface area contributed by atoms with Crippen molar-refractivity contribution < 1.29 is 27.8 Å². The molecular weight excluding hydrogens is 292 g/mol. The molecule has 0 radical (unpaired) electrons. The van der Waals surface area contributed by atoms with Crippen LogP contribution in [0.3, 0.4) is 0 Å². The van der Waals surface area contributed by atoms with Crippen LogP contribution in [0.4, 0.5) is 13.2 Å². The van der Waals surface area contributed by atoms with Gasteiger partial charge in [0.15, 0.2) is 0 Å². The maximum atomic E-state index is 13.5. The van der Waals surface area contributed by atoms with Crippen molar-refractivity contribution in [2.24, 2.45) is 0 Å². The number of halogens is 3. The van der Waals surface area contributed by atoms with Crippen molar-refractivity contribution in [1.82, 2.24) is 0 Å². The van der Waals surface area contributed by atoms with E-state index in [1.165, 1.54) is 6.92 Å². The number of hydrogen-bond donors (Lipinski definition) is 1. The number of rotatable bonds is 3. The van der Waals surface area contributed by atoms with Crippen LogP contribution in [0.5, 0.6) is 0 Å². The Labute approximate surface area is 119 Å². The highest BCUT2D eigenvalue weighted by Gasteiger charge is 2.69. The number of carbonyl (C=O) groups is 1. The first kappa shape index (κ1) is 19.7. The Kier molecular flexibility index (Phi) is 5.70. The van der Waals surface area contributed by atoms with Gasteiger partial charge in [0.25, 0.3) is 5.34 Å². The summed E-state index contributed by atoms with van der Waals surface area (Å²) >= 11 is 0. The molecule has 20 heavy (non-hydrogen) atoms. The van der Waals surface area contributed by atoms with E-state index in [-0.39, 0.29) is 6.61 Å². The summed E-state index contributed by atoms with van der Waals surface area (Å²) in [4.78, 5) is 11.9. The van der Waals surface area contributed by atoms with Crippen molar-refractivity contribution in [1.29, 1.82) is 0 Å². The lowest BCUT2D eigenvalue weighted by Crippen LogP contribution is -2.56. The maximum Gasteiger partial charge on any atom is 0.432 e. The molecule has 0 aromatic heterocycles. The minimum absolute atomic E-state index is 0.214. The van der Waals surface area contributed by atoms with Gasteiger partial charge in [0.2, 0.25) is 0 Å². The highest BCUT2D eigenvalue weighted by molar-refractivity contribution is 7.63. The number of alkyl halides is 3. The van der Waals surface area contributed by atoms with Crippen LogP contribution in [0.2, 0.25) is 0 Å². The summed E-state index contributed by atoms with van der Waals surface area (Å²) in [7, 11) is -2.17. The van der Waals surface area contributed by atoms with Gasteiger partial charge in [0.05, 0.1) is 6.61 Å². The second kappa shape index (κ2) is 5.80. The van der Waals surface area contributed by atoms with Crippen molar-refractivity contribution >= 4 is 13.9 Å². The number of esters is 1. The van der Waals surface area contributed by atoms with Gasteiger partial charge < -0.3 is 9.84 Å². The van der Waals surface area contributed by atoms with Crippen LogP contribution in [0.1, 0.15) is 48.5 Å². The molecule has 0 heterocycles. The number of aliphatic hydroxyl groups is 1. The molecule has 0 rings (SSSR count). The topological polar surface area (TPSA) is 46.5 Å². The molecule has 3 nitrogen and oxygen atoms in total. The lowest BCUT2D eigenvalue weighted by molar-refractivity contribution is -0.233. The van der Waals surface area contributed by atoms with Gasteiger partial charge in [-0.25, -0.2) is 4.79 Å². The zero-order valence-corrected chi connectivity index (χ0v) is 13.9. The lowest BCUT2D eigenvalue weighted by atomic mass is 10.2. The average Bonchev–Trinajstić information content (AvgIpc) is 2.10. The van der Waals surface area contributed by atoms with E-state index < -0.39 is 35.7 Å². The van der Waals surface area contributed by atoms with E-state index in [4.69, 9.17) is 0 Å². The highest BCUT2D eigenvalue weighted by Crippen LogP contribution is 2.70. The molecule has 0 fully saturated rings. The van der Waals surface area contributed by atoms with Crippen LogP contribution >= 0.6 is 7.92 Å². The zero-order chi connectivity index (χ0) is 16.6. The first-order valence-electron chi connectivity index (χ1n) is 6.37. The second-order valence-corrected chi connectivity index (χ2v) is 10.6. The smallest absolute Gasteiger partial charge is 0.432 e. The molecule has 1 unspecified atom stereocenters. The largest absolute Gasteiger partial charge is 0.463 e. The van der Waals surface area contributed by atoms with E-state index in [9.17, 15) is 23.1 Å². The summed E-state index contributed by atoms with van der Waals surface area (Å²) < 4.78 is 44.9. The van der Waals surface area contributed by atoms with Crippen LogP contribution < -0.4 is 0 Å². The van der Waals surface area contributed by atoms with Gasteiger partial charge in [-0.05, 0) is 25.2 Å². The summed E-state index contributed by atoms with van der Waals surface area (Å²) in [5.41, 5.74) is 0. The average molecular weight is 316 g/mol. The Morgan fingerprint density at radius 3 is 1.60 bits per heavy atom. The highest BCUT2D eigenvalue weighted by atomic mass is 31.1. The summed E-state index contributed by atoms with van der Waals surface area (Å²) in [6.07, 6.45) is -5.08. The molecule has 0 saturated heterocycles. The van der Waals surface area contributed by atoms with Crippen molar-refractivity contribution in [3.63, 3.8) is 0 Å². The minimum atomic E-state index is -5.08. The molecule has 0 aliphatic heterocycles. The third kappa shape index (κ3) is 3.85. The molecule has 0 saturated carbocycles. The standard InChI is InChI=1S/C13H24F3O3P/c1-8-19-9(17)12(18,13(14,15)16)20(10(2,3)4)11(5,6)7/h18H,8H2,1-7H3. The number of carbonyl (C=O) groups excluding carboxylic acids is 1. The van der Waals surface area contributed by atoms with E-state index in [1.807, 2.05) is 0 Å². The fourth-order valence-electron chi connectivity index (χ4n) is 2.54. The van der Waals surface area contributed by atoms with E-state index in [1.54, 1.807) is 41.5 Å². The molecule has 0 aromatic carbocycles. The quantitative estimate of drug-likeness (QED) is 0.635. The summed E-state index contributed by atoms with van der Waals surface area (Å²) in [6, 6.07) is 0. The molecule has 0 aliphatic carbocycles. The van der Waals surface area contributed by atoms with Gasteiger partial charge >= 0.3 is 12.1 Å². The van der Waals surface area contributed by atoms with Crippen molar-refractivity contribution in [3.05, 3.63) is 0 Å². The van der Waals surface area contributed by atoms with E-state index in [2.05, 4.69) is 4.74 Å². The minimum Gasteiger partial charge on any atom is -0.463 e. The molecule has 0 amide bonds. The monoisotopic (exact) mass is 316 g/mol. The van der Waals surface area contributed by atoms with Crippen molar-refractivity contribution in [2.45, 2.75) is 70.3 Å². The second-order valence-electron chi connectivity index (χ2n) is 6.57. The Morgan fingerprint density at radius 2 is 1.40 bits per heavy atom. The third-order valence-corrected chi connectivity index (χ3v) is 6.39. The van der Waals surface area contributed by atoms with Crippen LogP contribution in [0.25, 0.3) is 0 Å². The van der Waals surface area contributed by atoms with Crippen molar-refractivity contribution in [2.75, 3.05) is 6.61 Å². The molecule has 120 valence electrons. The molecule has 7 heteroatoms. The van der Waals surface area contributed by atoms with Gasteiger partial charge in [0.1, 0.15) is 0 Å². The summed E-state index contributed by atoms with van der Waals surface area (Å²) in [6.45, 7) is 10.8. The van der Waals surface area contributed by atoms with E-state index >= 15 is 0 Å². The predicted molar refractivity (Wildman–Crippen MR) is 74.1 cm³/mol. The lowest BCUT2D eigenvalue weighted by Gasteiger charge is -2.49. The maximum absolute atomic E-state index is 13.5. The van der Waals surface area contributed by atoms with Crippen LogP contribution in [0, 0.1) is 0 Å². The molecule has 0 aliphatic rings. The normalized spacial score (nSPS) is 17.0. The number of ether oxygens (including phenoxy) is 1. The Bertz CT molecular complexity index is 341. The van der Waals surface area contributed by atoms with Gasteiger partial charge in [-0.1, -0.05) is 41.5 Å². The van der Waals surface area contributed by atoms with Gasteiger partial charge in [-0.15, -0.1) is 0 Å². The Hall–Kier alpha value is -0.350. The predicted octanol–water partition coefficient (Wildman–Crippen LogP) is 3.88. The first-order chi connectivity index (χ1) is 8.60.